The predicted octanol–water partition coefficient (Wildman–Crippen LogP) is 3.16. The molecule has 2 fully saturated rings. The van der Waals surface area contributed by atoms with E-state index in [9.17, 15) is 14.0 Å². The number of anilines is 1. The van der Waals surface area contributed by atoms with Crippen molar-refractivity contribution in [1.29, 1.82) is 0 Å². The van der Waals surface area contributed by atoms with Gasteiger partial charge in [-0.15, -0.1) is 0 Å². The smallest absolute Gasteiger partial charge is 0.407 e. The lowest BCUT2D eigenvalue weighted by molar-refractivity contribution is -0.0246. The first-order valence-electron chi connectivity index (χ1n) is 8.73. The number of hydrogen-bond donors (Lipinski definition) is 2. The first-order chi connectivity index (χ1) is 12.9. The van der Waals surface area contributed by atoms with E-state index in [1.807, 2.05) is 12.1 Å². The molecule has 7 nitrogen and oxygen atoms in total. The first kappa shape index (κ1) is 17.3. The van der Waals surface area contributed by atoms with Crippen LogP contribution in [0.4, 0.5) is 19.7 Å². The predicted molar refractivity (Wildman–Crippen MR) is 97.0 cm³/mol. The van der Waals surface area contributed by atoms with Crippen molar-refractivity contribution in [3.8, 4) is 11.3 Å². The molecule has 2 aliphatic heterocycles. The fourth-order valence-corrected chi connectivity index (χ4v) is 3.84. The molecule has 1 aromatic carbocycles. The van der Waals surface area contributed by atoms with Gasteiger partial charge in [0.15, 0.2) is 0 Å². The number of fused-ring (bicyclic) bond motifs is 2. The summed E-state index contributed by atoms with van der Waals surface area (Å²) in [4.78, 5) is 30.9. The third-order valence-corrected chi connectivity index (χ3v) is 5.19. The molecule has 2 unspecified atom stereocenters. The maximum atomic E-state index is 14.4. The van der Waals surface area contributed by atoms with Gasteiger partial charge < -0.3 is 20.2 Å². The van der Waals surface area contributed by atoms with Crippen LogP contribution in [0.1, 0.15) is 12.0 Å². The Morgan fingerprint density at radius 1 is 1.26 bits per heavy atom. The van der Waals surface area contributed by atoms with Gasteiger partial charge >= 0.3 is 12.1 Å². The van der Waals surface area contributed by atoms with Crippen LogP contribution < -0.4 is 5.32 Å². The monoisotopic (exact) mass is 370 g/mol. The number of carbonyl (C=O) groups is 2. The van der Waals surface area contributed by atoms with Crippen molar-refractivity contribution in [2.24, 2.45) is 0 Å². The second-order valence-electron chi connectivity index (χ2n) is 6.93. The van der Waals surface area contributed by atoms with Gasteiger partial charge in [-0.2, -0.15) is 0 Å². The summed E-state index contributed by atoms with van der Waals surface area (Å²) < 4.78 is 14.4. The van der Waals surface area contributed by atoms with Gasteiger partial charge in [0.1, 0.15) is 5.82 Å². The number of urea groups is 1. The van der Waals surface area contributed by atoms with Gasteiger partial charge in [0.25, 0.3) is 0 Å². The summed E-state index contributed by atoms with van der Waals surface area (Å²) in [5.41, 5.74) is 2.25. The van der Waals surface area contributed by atoms with E-state index in [1.54, 1.807) is 30.2 Å². The number of amides is 3. The molecule has 1 aromatic heterocycles. The van der Waals surface area contributed by atoms with Crippen LogP contribution >= 0.6 is 0 Å². The largest absolute Gasteiger partial charge is 0.465 e. The molecule has 4 rings (SSSR count). The molecular weight excluding hydrogens is 351 g/mol. The number of halogens is 1. The van der Waals surface area contributed by atoms with Crippen LogP contribution in [-0.4, -0.2) is 57.2 Å². The summed E-state index contributed by atoms with van der Waals surface area (Å²) in [5, 5.41) is 11.7. The highest BCUT2D eigenvalue weighted by Crippen LogP contribution is 2.34. The average molecular weight is 370 g/mol. The highest BCUT2D eigenvalue weighted by atomic mass is 19.1. The Labute approximate surface area is 155 Å². The van der Waals surface area contributed by atoms with Gasteiger partial charge in [-0.3, -0.25) is 4.98 Å². The fourth-order valence-electron chi connectivity index (χ4n) is 3.84. The SMILES string of the molecule is Cc1cc(F)c(NC(=O)N2C3CC2CN(C(=O)O)C3)cc1-c1ccccn1. The van der Waals surface area contributed by atoms with E-state index in [1.165, 1.54) is 11.0 Å². The van der Waals surface area contributed by atoms with E-state index in [-0.39, 0.29) is 30.9 Å². The van der Waals surface area contributed by atoms with Crippen LogP contribution in [0.2, 0.25) is 0 Å². The van der Waals surface area contributed by atoms with E-state index in [2.05, 4.69) is 10.3 Å². The number of nitrogens with one attached hydrogen (secondary N) is 1. The Morgan fingerprint density at radius 2 is 2.00 bits per heavy atom. The number of aryl methyl sites for hydroxylation is 1. The minimum absolute atomic E-state index is 0.0892. The van der Waals surface area contributed by atoms with Crippen LogP contribution in [0, 0.1) is 12.7 Å². The molecule has 8 heteroatoms. The van der Waals surface area contributed by atoms with Crippen molar-refractivity contribution in [1.82, 2.24) is 14.8 Å². The van der Waals surface area contributed by atoms with Gasteiger partial charge in [-0.05, 0) is 43.2 Å². The van der Waals surface area contributed by atoms with Gasteiger partial charge in [-0.25, -0.2) is 14.0 Å². The Hall–Kier alpha value is -3.16. The molecule has 0 spiro atoms. The van der Waals surface area contributed by atoms with Crippen molar-refractivity contribution in [3.05, 3.63) is 47.9 Å². The number of rotatable bonds is 2. The molecule has 0 aliphatic carbocycles. The van der Waals surface area contributed by atoms with Crippen molar-refractivity contribution in [3.63, 3.8) is 0 Å². The zero-order valence-electron chi connectivity index (χ0n) is 14.7. The highest BCUT2D eigenvalue weighted by Gasteiger charge is 2.48. The summed E-state index contributed by atoms with van der Waals surface area (Å²) in [6.07, 6.45) is 1.45. The van der Waals surface area contributed by atoms with E-state index in [4.69, 9.17) is 5.11 Å². The molecule has 2 atom stereocenters. The second kappa shape index (κ2) is 6.53. The van der Waals surface area contributed by atoms with Gasteiger partial charge in [0, 0.05) is 24.8 Å². The number of carboxylic acid groups (broad SMARTS) is 1. The average Bonchev–Trinajstić information content (AvgIpc) is 2.64. The lowest BCUT2D eigenvalue weighted by Crippen LogP contribution is -2.71. The molecule has 140 valence electrons. The molecule has 27 heavy (non-hydrogen) atoms. The number of likely N-dealkylation sites (tertiary alicyclic amines) is 2. The fraction of sp³-hybridized carbons (Fsp3) is 0.316. The van der Waals surface area contributed by atoms with Crippen LogP contribution in [0.25, 0.3) is 11.3 Å². The molecular formula is C19H19FN4O3. The molecule has 2 bridgehead atoms. The lowest BCUT2D eigenvalue weighted by atomic mass is 9.88. The lowest BCUT2D eigenvalue weighted by Gasteiger charge is -2.55. The molecule has 0 saturated carbocycles. The van der Waals surface area contributed by atoms with Gasteiger partial charge in [0.05, 0.1) is 23.5 Å². The highest BCUT2D eigenvalue weighted by molar-refractivity contribution is 5.92. The number of piperazine rings is 1. The molecule has 2 N–H and O–H groups in total. The molecule has 2 aliphatic rings. The molecule has 3 heterocycles. The Morgan fingerprint density at radius 3 is 2.63 bits per heavy atom. The summed E-state index contributed by atoms with van der Waals surface area (Å²) in [7, 11) is 0. The van der Waals surface area contributed by atoms with Gasteiger partial charge in [0.2, 0.25) is 0 Å². The standard InChI is InChI=1S/C19H19FN4O3/c1-11-6-15(20)17(8-14(11)16-4-2-3-5-21-16)22-18(25)24-12-7-13(24)10-23(9-12)19(26)27/h2-6,8,12-13H,7,9-10H2,1H3,(H,22,25)(H,26,27). The Balaban J connectivity index is 1.53. The Bertz CT molecular complexity index is 893. The van der Waals surface area contributed by atoms with E-state index < -0.39 is 17.9 Å². The van der Waals surface area contributed by atoms with Crippen LogP contribution in [0.3, 0.4) is 0 Å². The molecule has 2 aromatic rings. The van der Waals surface area contributed by atoms with Crippen LogP contribution in [0.5, 0.6) is 0 Å². The minimum atomic E-state index is -0.977. The maximum absolute atomic E-state index is 14.4. The van der Waals surface area contributed by atoms with Crippen molar-refractivity contribution >= 4 is 17.8 Å². The van der Waals surface area contributed by atoms with Crippen molar-refractivity contribution in [2.75, 3.05) is 18.4 Å². The first-order valence-corrected chi connectivity index (χ1v) is 8.73. The quantitative estimate of drug-likeness (QED) is 0.850. The second-order valence-corrected chi connectivity index (χ2v) is 6.93. The van der Waals surface area contributed by atoms with E-state index in [0.717, 1.165) is 17.5 Å². The van der Waals surface area contributed by atoms with E-state index >= 15 is 0 Å². The molecule has 3 amide bonds. The third kappa shape index (κ3) is 3.07. The number of nitrogens with zero attached hydrogens (tertiary/aromatic N) is 3. The topological polar surface area (TPSA) is 85.8 Å². The maximum Gasteiger partial charge on any atom is 0.407 e. The Kier molecular flexibility index (Phi) is 4.18. The summed E-state index contributed by atoms with van der Waals surface area (Å²) in [6, 6.07) is 7.70. The molecule has 2 saturated heterocycles. The summed E-state index contributed by atoms with van der Waals surface area (Å²) in [6.45, 7) is 2.36. The van der Waals surface area contributed by atoms with Crippen LogP contribution in [-0.2, 0) is 0 Å². The van der Waals surface area contributed by atoms with Crippen LogP contribution in [0.15, 0.2) is 36.5 Å². The third-order valence-electron chi connectivity index (χ3n) is 5.19. The number of piperidine rings is 1. The number of aromatic nitrogens is 1. The number of hydrogen-bond acceptors (Lipinski definition) is 3. The number of benzene rings is 1. The minimum Gasteiger partial charge on any atom is -0.465 e. The van der Waals surface area contributed by atoms with E-state index in [0.29, 0.717) is 5.69 Å². The summed E-state index contributed by atoms with van der Waals surface area (Å²) in [5.74, 6) is -0.515. The summed E-state index contributed by atoms with van der Waals surface area (Å²) >= 11 is 0. The molecule has 0 radical (unpaired) electrons. The zero-order valence-corrected chi connectivity index (χ0v) is 14.7. The van der Waals surface area contributed by atoms with Crippen molar-refractivity contribution < 1.29 is 19.1 Å². The van der Waals surface area contributed by atoms with Crippen molar-refractivity contribution in [2.45, 2.75) is 25.4 Å². The van der Waals surface area contributed by atoms with Gasteiger partial charge in [-0.1, -0.05) is 6.07 Å². The number of carbonyl (C=O) groups excluding carboxylic acids is 1. The number of pyridine rings is 1. The normalized spacial score (nSPS) is 20.8. The zero-order chi connectivity index (χ0) is 19.1.